The normalized spacial score (nSPS) is 10.3. The lowest BCUT2D eigenvalue weighted by atomic mass is 10.1. The summed E-state index contributed by atoms with van der Waals surface area (Å²) in [6, 6.07) is 20.2. The number of aryl methyl sites for hydroxylation is 2. The van der Waals surface area contributed by atoms with E-state index in [-0.39, 0.29) is 11.8 Å². The van der Waals surface area contributed by atoms with Crippen molar-refractivity contribution < 1.29 is 14.3 Å². The zero-order valence-corrected chi connectivity index (χ0v) is 16.8. The fourth-order valence-corrected chi connectivity index (χ4v) is 2.91. The molecular weight excluding hydrogens is 364 g/mol. The van der Waals surface area contributed by atoms with Crippen molar-refractivity contribution in [1.82, 2.24) is 5.32 Å². The van der Waals surface area contributed by atoms with Crippen LogP contribution in [0, 0.1) is 13.8 Å². The molecule has 0 radical (unpaired) electrons. The molecule has 5 heteroatoms. The van der Waals surface area contributed by atoms with Gasteiger partial charge < -0.3 is 15.4 Å². The van der Waals surface area contributed by atoms with Crippen molar-refractivity contribution in [2.45, 2.75) is 20.4 Å². The molecule has 0 spiro atoms. The molecule has 148 valence electrons. The Labute approximate surface area is 170 Å². The van der Waals surface area contributed by atoms with E-state index in [0.717, 1.165) is 16.7 Å². The van der Waals surface area contributed by atoms with E-state index >= 15 is 0 Å². The van der Waals surface area contributed by atoms with Crippen LogP contribution in [0.1, 0.15) is 37.4 Å². The average molecular weight is 388 g/mol. The van der Waals surface area contributed by atoms with E-state index in [1.807, 2.05) is 56.3 Å². The maximum atomic E-state index is 12.4. The van der Waals surface area contributed by atoms with Gasteiger partial charge in [0.05, 0.1) is 7.11 Å². The minimum atomic E-state index is -0.183. The largest absolute Gasteiger partial charge is 0.496 e. The Morgan fingerprint density at radius 3 is 2.31 bits per heavy atom. The quantitative estimate of drug-likeness (QED) is 0.654. The van der Waals surface area contributed by atoms with E-state index in [9.17, 15) is 9.59 Å². The van der Waals surface area contributed by atoms with Crippen LogP contribution in [0.25, 0.3) is 0 Å². The van der Waals surface area contributed by atoms with Gasteiger partial charge in [0.15, 0.2) is 0 Å². The van der Waals surface area contributed by atoms with E-state index in [1.165, 1.54) is 0 Å². The van der Waals surface area contributed by atoms with E-state index in [4.69, 9.17) is 4.74 Å². The molecule has 0 heterocycles. The maximum Gasteiger partial charge on any atom is 0.255 e. The summed E-state index contributed by atoms with van der Waals surface area (Å²) in [4.78, 5) is 24.8. The molecule has 5 nitrogen and oxygen atoms in total. The number of carbonyl (C=O) groups excluding carboxylic acids is 2. The van der Waals surface area contributed by atoms with Crippen LogP contribution in [0.5, 0.6) is 5.75 Å². The molecule has 0 unspecified atom stereocenters. The molecule has 0 bridgehead atoms. The second-order valence-electron chi connectivity index (χ2n) is 6.89. The van der Waals surface area contributed by atoms with E-state index in [0.29, 0.717) is 29.1 Å². The van der Waals surface area contributed by atoms with Gasteiger partial charge in [0.1, 0.15) is 5.75 Å². The predicted molar refractivity (Wildman–Crippen MR) is 114 cm³/mol. The Balaban J connectivity index is 1.63. The molecule has 0 aliphatic carbocycles. The molecule has 2 amide bonds. The fraction of sp³-hybridized carbons (Fsp3) is 0.167. The van der Waals surface area contributed by atoms with Crippen LogP contribution in [0.2, 0.25) is 0 Å². The summed E-state index contributed by atoms with van der Waals surface area (Å²) < 4.78 is 5.27. The van der Waals surface area contributed by atoms with Crippen molar-refractivity contribution in [2.75, 3.05) is 12.4 Å². The molecule has 3 rings (SSSR count). The summed E-state index contributed by atoms with van der Waals surface area (Å²) in [5, 5.41) is 5.79. The number of carbonyl (C=O) groups is 2. The molecule has 0 aliphatic rings. The summed E-state index contributed by atoms with van der Waals surface area (Å²) in [7, 11) is 1.58. The van der Waals surface area contributed by atoms with Crippen LogP contribution in [0.3, 0.4) is 0 Å². The number of methoxy groups -OCH3 is 1. The maximum absolute atomic E-state index is 12.4. The lowest BCUT2D eigenvalue weighted by Crippen LogP contribution is -2.23. The topological polar surface area (TPSA) is 67.4 Å². The second kappa shape index (κ2) is 9.06. The van der Waals surface area contributed by atoms with Crippen LogP contribution in [0.4, 0.5) is 5.69 Å². The molecule has 0 atom stereocenters. The first-order chi connectivity index (χ1) is 14.0. The van der Waals surface area contributed by atoms with Gasteiger partial charge in [0.2, 0.25) is 0 Å². The van der Waals surface area contributed by atoms with Crippen molar-refractivity contribution in [3.8, 4) is 5.75 Å². The van der Waals surface area contributed by atoms with Crippen molar-refractivity contribution in [1.29, 1.82) is 0 Å². The Bertz CT molecular complexity index is 1030. The third-order valence-electron chi connectivity index (χ3n) is 4.62. The van der Waals surface area contributed by atoms with Gasteiger partial charge in [0.25, 0.3) is 11.8 Å². The average Bonchev–Trinajstić information content (AvgIpc) is 2.73. The third-order valence-corrected chi connectivity index (χ3v) is 4.62. The number of rotatable bonds is 6. The van der Waals surface area contributed by atoms with Crippen molar-refractivity contribution in [2.24, 2.45) is 0 Å². The minimum Gasteiger partial charge on any atom is -0.496 e. The molecular formula is C24H24N2O3. The van der Waals surface area contributed by atoms with E-state index in [1.54, 1.807) is 31.4 Å². The van der Waals surface area contributed by atoms with E-state index in [2.05, 4.69) is 10.6 Å². The molecule has 0 fully saturated rings. The summed E-state index contributed by atoms with van der Waals surface area (Å²) in [6.07, 6.45) is 0. The summed E-state index contributed by atoms with van der Waals surface area (Å²) in [6.45, 7) is 4.26. The van der Waals surface area contributed by atoms with Gasteiger partial charge in [-0.3, -0.25) is 9.59 Å². The van der Waals surface area contributed by atoms with Crippen LogP contribution < -0.4 is 15.4 Å². The molecule has 2 N–H and O–H groups in total. The first-order valence-electron chi connectivity index (χ1n) is 9.36. The van der Waals surface area contributed by atoms with Crippen LogP contribution >= 0.6 is 0 Å². The van der Waals surface area contributed by atoms with Gasteiger partial charge >= 0.3 is 0 Å². The molecule has 3 aromatic rings. The number of anilines is 1. The highest BCUT2D eigenvalue weighted by Crippen LogP contribution is 2.19. The Morgan fingerprint density at radius 2 is 1.59 bits per heavy atom. The molecule has 3 aromatic carbocycles. The number of nitrogens with one attached hydrogen (secondary N) is 2. The third kappa shape index (κ3) is 5.23. The zero-order valence-electron chi connectivity index (χ0n) is 16.8. The first kappa shape index (κ1) is 20.1. The highest BCUT2D eigenvalue weighted by atomic mass is 16.5. The van der Waals surface area contributed by atoms with Gasteiger partial charge in [-0.05, 0) is 61.4 Å². The van der Waals surface area contributed by atoms with Gasteiger partial charge in [-0.15, -0.1) is 0 Å². The van der Waals surface area contributed by atoms with Gasteiger partial charge in [0, 0.05) is 23.4 Å². The highest BCUT2D eigenvalue weighted by molar-refractivity contribution is 6.04. The first-order valence-corrected chi connectivity index (χ1v) is 9.36. The monoisotopic (exact) mass is 388 g/mol. The number of ether oxygens (including phenoxy) is 1. The SMILES string of the molecule is COc1cc(C(=O)NCc2cccc(NC(=O)c3ccc(C)cc3)c2)ccc1C. The Morgan fingerprint density at radius 1 is 0.862 bits per heavy atom. The molecule has 29 heavy (non-hydrogen) atoms. The number of amides is 2. The van der Waals surface area contributed by atoms with Gasteiger partial charge in [-0.25, -0.2) is 0 Å². The zero-order chi connectivity index (χ0) is 20.8. The number of hydrogen-bond donors (Lipinski definition) is 2. The molecule has 0 saturated heterocycles. The fourth-order valence-electron chi connectivity index (χ4n) is 2.91. The lowest BCUT2D eigenvalue weighted by molar-refractivity contribution is 0.0949. The van der Waals surface area contributed by atoms with Gasteiger partial charge in [-0.1, -0.05) is 35.9 Å². The predicted octanol–water partition coefficient (Wildman–Crippen LogP) is 4.49. The molecule has 0 saturated carbocycles. The summed E-state index contributed by atoms with van der Waals surface area (Å²) in [5.74, 6) is 0.328. The number of hydrogen-bond acceptors (Lipinski definition) is 3. The van der Waals surface area contributed by atoms with Gasteiger partial charge in [-0.2, -0.15) is 0 Å². The molecule has 0 aromatic heterocycles. The van der Waals surface area contributed by atoms with E-state index < -0.39 is 0 Å². The Hall–Kier alpha value is -3.60. The summed E-state index contributed by atoms with van der Waals surface area (Å²) >= 11 is 0. The number of benzene rings is 3. The van der Waals surface area contributed by atoms with Crippen LogP contribution in [0.15, 0.2) is 66.7 Å². The Kier molecular flexibility index (Phi) is 6.29. The lowest BCUT2D eigenvalue weighted by Gasteiger charge is -2.10. The van der Waals surface area contributed by atoms with Crippen LogP contribution in [-0.2, 0) is 6.54 Å². The summed E-state index contributed by atoms with van der Waals surface area (Å²) in [5.41, 5.74) is 4.78. The van der Waals surface area contributed by atoms with Crippen molar-refractivity contribution in [3.63, 3.8) is 0 Å². The van der Waals surface area contributed by atoms with Crippen LogP contribution in [-0.4, -0.2) is 18.9 Å². The standard InChI is InChI=1S/C24H24N2O3/c1-16-7-10-19(11-8-16)24(28)26-21-6-4-5-18(13-21)15-25-23(27)20-12-9-17(2)22(14-20)29-3/h4-14H,15H2,1-3H3,(H,25,27)(H,26,28). The minimum absolute atomic E-state index is 0.169. The van der Waals surface area contributed by atoms with Crippen molar-refractivity contribution in [3.05, 3.63) is 94.5 Å². The smallest absolute Gasteiger partial charge is 0.255 e. The molecule has 0 aliphatic heterocycles. The van der Waals surface area contributed by atoms with Crippen molar-refractivity contribution >= 4 is 17.5 Å². The second-order valence-corrected chi connectivity index (χ2v) is 6.89. The highest BCUT2D eigenvalue weighted by Gasteiger charge is 2.09.